The molecule has 0 radical (unpaired) electrons. The molecule has 0 saturated carbocycles. The Bertz CT molecular complexity index is 475. The molecule has 1 amide bonds. The average molecular weight is 307 g/mol. The summed E-state index contributed by atoms with van der Waals surface area (Å²) in [6, 6.07) is 0.0569. The van der Waals surface area contributed by atoms with E-state index < -0.39 is 5.60 Å². The molecule has 0 aromatic carbocycles. The lowest BCUT2D eigenvalue weighted by molar-refractivity contribution is 0.00520. The van der Waals surface area contributed by atoms with Gasteiger partial charge in [-0.25, -0.2) is 4.79 Å². The molecular weight excluding hydrogens is 278 g/mol. The van der Waals surface area contributed by atoms with Crippen molar-refractivity contribution in [1.29, 1.82) is 0 Å². The number of ether oxygens (including phenoxy) is 1. The van der Waals surface area contributed by atoms with Gasteiger partial charge in [-0.1, -0.05) is 18.7 Å². The monoisotopic (exact) mass is 307 g/mol. The Hall–Kier alpha value is -1.91. The summed E-state index contributed by atoms with van der Waals surface area (Å²) in [5, 5.41) is 0. The molecule has 1 atom stereocenters. The van der Waals surface area contributed by atoms with E-state index in [4.69, 9.17) is 10.5 Å². The van der Waals surface area contributed by atoms with Crippen LogP contribution in [0.15, 0.2) is 36.2 Å². The fourth-order valence-electron chi connectivity index (χ4n) is 2.41. The lowest BCUT2D eigenvalue weighted by Crippen LogP contribution is -2.54. The van der Waals surface area contributed by atoms with E-state index in [-0.39, 0.29) is 12.1 Å². The van der Waals surface area contributed by atoms with Gasteiger partial charge in [0.25, 0.3) is 0 Å². The highest BCUT2D eigenvalue weighted by atomic mass is 16.6. The lowest BCUT2D eigenvalue weighted by atomic mass is 10.1. The van der Waals surface area contributed by atoms with Crippen molar-refractivity contribution in [2.45, 2.75) is 46.3 Å². The molecule has 2 N–H and O–H groups in total. The van der Waals surface area contributed by atoms with Crippen LogP contribution >= 0.6 is 0 Å². The second-order valence-corrected chi connectivity index (χ2v) is 6.50. The number of nitrogens with zero attached hydrogens (tertiary/aromatic N) is 2. The van der Waals surface area contributed by atoms with Crippen LogP contribution in [0.2, 0.25) is 0 Å². The van der Waals surface area contributed by atoms with Gasteiger partial charge in [-0.05, 0) is 40.7 Å². The van der Waals surface area contributed by atoms with Gasteiger partial charge >= 0.3 is 6.09 Å². The van der Waals surface area contributed by atoms with E-state index in [1.807, 2.05) is 46.8 Å². The zero-order valence-electron chi connectivity index (χ0n) is 14.4. The van der Waals surface area contributed by atoms with E-state index in [2.05, 4.69) is 11.5 Å². The van der Waals surface area contributed by atoms with Crippen molar-refractivity contribution in [1.82, 2.24) is 9.80 Å². The zero-order chi connectivity index (χ0) is 16.9. The molecule has 1 fully saturated rings. The van der Waals surface area contributed by atoms with Crippen molar-refractivity contribution in [3.8, 4) is 0 Å². The first kappa shape index (κ1) is 18.1. The molecule has 0 unspecified atom stereocenters. The summed E-state index contributed by atoms with van der Waals surface area (Å²) in [4.78, 5) is 16.2. The summed E-state index contributed by atoms with van der Waals surface area (Å²) >= 11 is 0. The molecule has 0 aromatic rings. The van der Waals surface area contributed by atoms with Crippen LogP contribution in [0.3, 0.4) is 0 Å². The Morgan fingerprint density at radius 2 is 2.00 bits per heavy atom. The van der Waals surface area contributed by atoms with E-state index in [0.717, 1.165) is 17.9 Å². The number of amides is 1. The molecule has 0 aliphatic carbocycles. The molecule has 5 heteroatoms. The smallest absolute Gasteiger partial charge is 0.410 e. The first-order valence-corrected chi connectivity index (χ1v) is 7.69. The average Bonchev–Trinajstić information content (AvgIpc) is 2.41. The third-order valence-electron chi connectivity index (χ3n) is 3.48. The second-order valence-electron chi connectivity index (χ2n) is 6.50. The highest BCUT2D eigenvalue weighted by Crippen LogP contribution is 2.20. The van der Waals surface area contributed by atoms with Gasteiger partial charge in [0.2, 0.25) is 0 Å². The van der Waals surface area contributed by atoms with Crippen molar-refractivity contribution in [2.75, 3.05) is 19.6 Å². The van der Waals surface area contributed by atoms with Crippen LogP contribution in [0.1, 0.15) is 34.6 Å². The molecule has 1 aliphatic rings. The largest absolute Gasteiger partial charge is 0.444 e. The number of allylic oxidation sites excluding steroid dienone is 3. The standard InChI is InChI=1S/C17H29N3O2/c1-7-9-15(14(18)8-2)19-10-11-20(13(3)12-19)16(21)22-17(4,5)6/h7-9,13H,1,10-12,18H2,2-6H3/b14-8+,15-9+/t13-/m1/s1. The number of nitrogens with two attached hydrogens (primary N) is 1. The minimum atomic E-state index is -0.475. The summed E-state index contributed by atoms with van der Waals surface area (Å²) in [5.41, 5.74) is 7.25. The second kappa shape index (κ2) is 7.38. The normalized spacial score (nSPS) is 20.9. The molecular formula is C17H29N3O2. The van der Waals surface area contributed by atoms with E-state index in [9.17, 15) is 4.79 Å². The highest BCUT2D eigenvalue weighted by Gasteiger charge is 2.31. The fourth-order valence-corrected chi connectivity index (χ4v) is 2.41. The van der Waals surface area contributed by atoms with Crippen molar-refractivity contribution in [2.24, 2.45) is 5.73 Å². The molecule has 1 heterocycles. The summed E-state index contributed by atoms with van der Waals surface area (Å²) in [5.74, 6) is 0. The lowest BCUT2D eigenvalue weighted by Gasteiger charge is -2.42. The van der Waals surface area contributed by atoms with Crippen LogP contribution in [-0.4, -0.2) is 47.2 Å². The third kappa shape index (κ3) is 4.83. The quantitative estimate of drug-likeness (QED) is 0.815. The maximum absolute atomic E-state index is 12.2. The maximum atomic E-state index is 12.2. The van der Waals surface area contributed by atoms with E-state index in [1.165, 1.54) is 0 Å². The Morgan fingerprint density at radius 3 is 2.45 bits per heavy atom. The molecule has 1 saturated heterocycles. The van der Waals surface area contributed by atoms with Crippen molar-refractivity contribution in [3.05, 3.63) is 36.2 Å². The van der Waals surface area contributed by atoms with Crippen molar-refractivity contribution < 1.29 is 9.53 Å². The van der Waals surface area contributed by atoms with Gasteiger partial charge in [-0.15, -0.1) is 0 Å². The van der Waals surface area contributed by atoms with Crippen LogP contribution in [0.25, 0.3) is 0 Å². The molecule has 0 spiro atoms. The molecule has 22 heavy (non-hydrogen) atoms. The third-order valence-corrected chi connectivity index (χ3v) is 3.48. The molecule has 5 nitrogen and oxygen atoms in total. The molecule has 0 aromatic heterocycles. The SMILES string of the molecule is C=C/C=C(\C(N)=C/C)N1CCN(C(=O)OC(C)(C)C)[C@H](C)C1. The first-order chi connectivity index (χ1) is 10.2. The number of hydrogen-bond acceptors (Lipinski definition) is 4. The van der Waals surface area contributed by atoms with E-state index >= 15 is 0 Å². The topological polar surface area (TPSA) is 58.8 Å². The van der Waals surface area contributed by atoms with E-state index in [0.29, 0.717) is 13.1 Å². The van der Waals surface area contributed by atoms with Gasteiger partial charge in [0.15, 0.2) is 0 Å². The summed E-state index contributed by atoms with van der Waals surface area (Å²) in [6.07, 6.45) is 5.26. The summed E-state index contributed by atoms with van der Waals surface area (Å²) < 4.78 is 5.46. The van der Waals surface area contributed by atoms with Gasteiger partial charge in [0.05, 0.1) is 11.4 Å². The number of hydrogen-bond donors (Lipinski definition) is 1. The Balaban J connectivity index is 2.79. The van der Waals surface area contributed by atoms with Gasteiger partial charge in [0, 0.05) is 25.7 Å². The maximum Gasteiger partial charge on any atom is 0.410 e. The van der Waals surface area contributed by atoms with Crippen molar-refractivity contribution >= 4 is 6.09 Å². The molecule has 0 bridgehead atoms. The van der Waals surface area contributed by atoms with Gasteiger partial charge in [-0.3, -0.25) is 0 Å². The van der Waals surface area contributed by atoms with Crippen LogP contribution < -0.4 is 5.73 Å². The van der Waals surface area contributed by atoms with Crippen molar-refractivity contribution in [3.63, 3.8) is 0 Å². The number of piperazine rings is 1. The van der Waals surface area contributed by atoms with Crippen LogP contribution in [0.4, 0.5) is 4.79 Å². The summed E-state index contributed by atoms with van der Waals surface area (Å²) in [6.45, 7) is 15.4. The Labute approximate surface area is 134 Å². The number of rotatable bonds is 3. The predicted molar refractivity (Wildman–Crippen MR) is 90.2 cm³/mol. The number of carbonyl (C=O) groups excluding carboxylic acids is 1. The summed E-state index contributed by atoms with van der Waals surface area (Å²) in [7, 11) is 0. The fraction of sp³-hybridized carbons (Fsp3) is 0.588. The predicted octanol–water partition coefficient (Wildman–Crippen LogP) is 2.86. The molecule has 1 aliphatic heterocycles. The molecule has 124 valence electrons. The minimum Gasteiger partial charge on any atom is -0.444 e. The van der Waals surface area contributed by atoms with Crippen LogP contribution in [-0.2, 0) is 4.74 Å². The van der Waals surface area contributed by atoms with Gasteiger partial charge < -0.3 is 20.3 Å². The first-order valence-electron chi connectivity index (χ1n) is 7.69. The Morgan fingerprint density at radius 1 is 1.36 bits per heavy atom. The molecule has 1 rings (SSSR count). The highest BCUT2D eigenvalue weighted by molar-refractivity contribution is 5.68. The van der Waals surface area contributed by atoms with Crippen LogP contribution in [0, 0.1) is 0 Å². The Kier molecular flexibility index (Phi) is 6.09. The van der Waals surface area contributed by atoms with E-state index in [1.54, 1.807) is 11.0 Å². The zero-order valence-corrected chi connectivity index (χ0v) is 14.4. The van der Waals surface area contributed by atoms with Gasteiger partial charge in [0.1, 0.15) is 5.60 Å². The van der Waals surface area contributed by atoms with Gasteiger partial charge in [-0.2, -0.15) is 0 Å². The minimum absolute atomic E-state index is 0.0569. The number of carbonyl (C=O) groups is 1. The van der Waals surface area contributed by atoms with Crippen LogP contribution in [0.5, 0.6) is 0 Å².